The van der Waals surface area contributed by atoms with Crippen LogP contribution in [0.2, 0.25) is 5.02 Å². The second-order valence-corrected chi connectivity index (χ2v) is 19.0. The van der Waals surface area contributed by atoms with E-state index in [-0.39, 0.29) is 102 Å². The predicted molar refractivity (Wildman–Crippen MR) is 273 cm³/mol. The molecule has 1 aliphatic rings. The van der Waals surface area contributed by atoms with Crippen LogP contribution in [0.4, 0.5) is 0 Å². The summed E-state index contributed by atoms with van der Waals surface area (Å²) in [6, 6.07) is 40.7. The summed E-state index contributed by atoms with van der Waals surface area (Å²) < 4.78 is 39.9. The van der Waals surface area contributed by atoms with Crippen LogP contribution in [0.15, 0.2) is 127 Å². The zero-order valence-corrected chi connectivity index (χ0v) is 42.4. The molecule has 1 N–H and O–H groups in total. The van der Waals surface area contributed by atoms with Gasteiger partial charge in [-0.05, 0) is 68.9 Å². The van der Waals surface area contributed by atoms with Gasteiger partial charge >= 0.3 is 17.9 Å². The number of halogens is 1. The van der Waals surface area contributed by atoms with Gasteiger partial charge in [-0.25, -0.2) is 0 Å². The quantitative estimate of drug-likeness (QED) is 0.0209. The molecule has 0 saturated heterocycles. The number of carbonyl (C=O) groups is 5. The molecule has 382 valence electrons. The smallest absolute Gasteiger partial charge is 0.309 e. The molecule has 0 saturated carbocycles. The zero-order chi connectivity index (χ0) is 51.4. The van der Waals surface area contributed by atoms with Gasteiger partial charge in [-0.1, -0.05) is 138 Å². The lowest BCUT2D eigenvalue weighted by molar-refractivity contribution is -0.162. The monoisotopic (exact) mass is 1000 g/mol. The number of carbonyl (C=O) groups excluding carboxylic acids is 5. The summed E-state index contributed by atoms with van der Waals surface area (Å²) in [7, 11) is 0. The Bertz CT molecular complexity index is 2520. The minimum Gasteiger partial charge on any atom is -0.465 e. The van der Waals surface area contributed by atoms with Gasteiger partial charge < -0.3 is 38.5 Å². The van der Waals surface area contributed by atoms with Crippen LogP contribution in [0.5, 0.6) is 0 Å². The van der Waals surface area contributed by atoms with Crippen molar-refractivity contribution < 1.29 is 57.1 Å². The Morgan fingerprint density at radius 1 is 0.611 bits per heavy atom. The summed E-state index contributed by atoms with van der Waals surface area (Å²) in [6.45, 7) is 8.59. The molecule has 0 fully saturated rings. The van der Waals surface area contributed by atoms with Crippen molar-refractivity contribution in [3.63, 3.8) is 0 Å². The van der Waals surface area contributed by atoms with E-state index in [1.165, 1.54) is 22.3 Å². The van der Waals surface area contributed by atoms with E-state index in [4.69, 9.17) is 44.8 Å². The maximum Gasteiger partial charge on any atom is 0.309 e. The van der Waals surface area contributed by atoms with Crippen molar-refractivity contribution in [1.29, 1.82) is 0 Å². The Hall–Kier alpha value is -6.22. The molecule has 0 heterocycles. The Morgan fingerprint density at radius 2 is 1.19 bits per heavy atom. The number of nitrogens with one attached hydrogen (secondary N) is 1. The van der Waals surface area contributed by atoms with Gasteiger partial charge in [0.25, 0.3) is 0 Å². The molecule has 5 aromatic carbocycles. The summed E-state index contributed by atoms with van der Waals surface area (Å²) in [4.78, 5) is 65.3. The molecule has 2 unspecified atom stereocenters. The van der Waals surface area contributed by atoms with Crippen LogP contribution in [-0.4, -0.2) is 101 Å². The summed E-state index contributed by atoms with van der Waals surface area (Å²) in [5, 5.41) is 3.12. The van der Waals surface area contributed by atoms with Gasteiger partial charge in [-0.3, -0.25) is 24.0 Å². The summed E-state index contributed by atoms with van der Waals surface area (Å²) in [5.74, 6) is -3.05. The van der Waals surface area contributed by atoms with Crippen LogP contribution < -0.4 is 5.32 Å². The van der Waals surface area contributed by atoms with Gasteiger partial charge in [0.1, 0.15) is 25.4 Å². The Kier molecular flexibility index (Phi) is 21.1. The maximum absolute atomic E-state index is 14.0. The summed E-state index contributed by atoms with van der Waals surface area (Å²) >= 11 is 6.83. The Balaban J connectivity index is 0.838. The zero-order valence-electron chi connectivity index (χ0n) is 41.7. The lowest BCUT2D eigenvalue weighted by Gasteiger charge is -2.36. The lowest BCUT2D eigenvalue weighted by Crippen LogP contribution is -2.36. The average molecular weight is 1000 g/mol. The van der Waals surface area contributed by atoms with Crippen LogP contribution in [0.25, 0.3) is 11.1 Å². The topological polar surface area (TPSA) is 162 Å². The minimum absolute atomic E-state index is 0.0120. The first kappa shape index (κ1) is 55.1. The molecule has 2 atom stereocenters. The highest BCUT2D eigenvalue weighted by molar-refractivity contribution is 6.31. The van der Waals surface area contributed by atoms with Crippen molar-refractivity contribution >= 4 is 41.2 Å². The van der Waals surface area contributed by atoms with Crippen molar-refractivity contribution in [1.82, 2.24) is 5.32 Å². The van der Waals surface area contributed by atoms with Crippen molar-refractivity contribution in [2.75, 3.05) is 66.0 Å². The third-order valence-electron chi connectivity index (χ3n) is 11.9. The van der Waals surface area contributed by atoms with E-state index >= 15 is 0 Å². The third-order valence-corrected chi connectivity index (χ3v) is 12.3. The van der Waals surface area contributed by atoms with Crippen LogP contribution in [0.3, 0.4) is 0 Å². The number of benzene rings is 5. The van der Waals surface area contributed by atoms with E-state index in [9.17, 15) is 24.0 Å². The number of hydrogen-bond donors (Lipinski definition) is 1. The predicted octanol–water partition coefficient (Wildman–Crippen LogP) is 9.50. The number of ketones is 1. The normalized spacial score (nSPS) is 13.3. The molecule has 13 nitrogen and oxygen atoms in total. The fourth-order valence-corrected chi connectivity index (χ4v) is 8.77. The first-order valence-electron chi connectivity index (χ1n) is 24.5. The van der Waals surface area contributed by atoms with E-state index in [0.717, 1.165) is 5.56 Å². The van der Waals surface area contributed by atoms with Gasteiger partial charge in [0, 0.05) is 60.0 Å². The van der Waals surface area contributed by atoms with Crippen LogP contribution in [0, 0.1) is 12.8 Å². The largest absolute Gasteiger partial charge is 0.465 e. The molecule has 1 aliphatic carbocycles. The van der Waals surface area contributed by atoms with Crippen molar-refractivity contribution in [3.05, 3.63) is 166 Å². The number of fused-ring (bicyclic) bond motifs is 3. The number of esters is 3. The van der Waals surface area contributed by atoms with E-state index < -0.39 is 29.1 Å². The molecular formula is C58H66ClNO12. The fraction of sp³-hybridized carbons (Fsp3) is 0.397. The maximum atomic E-state index is 14.0. The molecule has 0 bridgehead atoms. The summed E-state index contributed by atoms with van der Waals surface area (Å²) in [5.41, 5.74) is 5.43. The third kappa shape index (κ3) is 16.1. The average Bonchev–Trinajstić information content (AvgIpc) is 3.69. The van der Waals surface area contributed by atoms with Crippen LogP contribution >= 0.6 is 11.6 Å². The molecule has 0 radical (unpaired) electrons. The van der Waals surface area contributed by atoms with Crippen molar-refractivity contribution in [2.45, 2.75) is 76.9 Å². The first-order chi connectivity index (χ1) is 34.7. The van der Waals surface area contributed by atoms with Gasteiger partial charge in [-0.15, -0.1) is 0 Å². The molecule has 1 amide bonds. The van der Waals surface area contributed by atoms with Crippen LogP contribution in [-0.2, 0) is 62.7 Å². The second kappa shape index (κ2) is 27.6. The molecule has 14 heteroatoms. The molecule has 6 rings (SSSR count). The second-order valence-electron chi connectivity index (χ2n) is 18.6. The molecular weight excluding hydrogens is 938 g/mol. The lowest BCUT2D eigenvalue weighted by atomic mass is 9.79. The van der Waals surface area contributed by atoms with Crippen molar-refractivity contribution in [2.24, 2.45) is 5.92 Å². The number of ether oxygens (including phenoxy) is 7. The van der Waals surface area contributed by atoms with E-state index in [0.29, 0.717) is 41.3 Å². The number of Topliss-reactive ketones (excluding diaryl/α,β-unsaturated/α-hetero) is 1. The molecule has 0 aliphatic heterocycles. The number of hydrogen-bond acceptors (Lipinski definition) is 12. The molecule has 72 heavy (non-hydrogen) atoms. The minimum atomic E-state index is -1.42. The molecule has 5 aromatic rings. The highest BCUT2D eigenvalue weighted by atomic mass is 35.5. The SMILES string of the molecule is Cc1ccc(C(OC(=O)CCC(CC(=O)COCCOCCNC(=O)COCCOCCCC(=O)OCC2c3ccccc3-c3ccccc32)C(=O)OC(C)(C)C)(c2ccccc2)c2ccccc2Cl)cc1. The number of rotatable bonds is 29. The molecule has 0 spiro atoms. The number of amides is 1. The van der Waals surface area contributed by atoms with Crippen molar-refractivity contribution in [3.8, 4) is 11.1 Å². The van der Waals surface area contributed by atoms with E-state index in [1.54, 1.807) is 32.9 Å². The van der Waals surface area contributed by atoms with Crippen LogP contribution in [0.1, 0.15) is 92.2 Å². The Morgan fingerprint density at radius 3 is 1.86 bits per heavy atom. The van der Waals surface area contributed by atoms with Gasteiger partial charge in [0.05, 0.1) is 39.0 Å². The van der Waals surface area contributed by atoms with E-state index in [1.807, 2.05) is 97.9 Å². The van der Waals surface area contributed by atoms with E-state index in [2.05, 4.69) is 29.6 Å². The van der Waals surface area contributed by atoms with Gasteiger partial charge in [0.15, 0.2) is 11.4 Å². The Labute approximate surface area is 427 Å². The van der Waals surface area contributed by atoms with Gasteiger partial charge in [-0.2, -0.15) is 0 Å². The standard InChI is InChI=1S/C58H66ClNO12/c1-41-24-27-44(28-25-41)58(43-15-6-5-7-16-43,51-21-12-13-22-52(51)59)71-55(64)29-26-42(56(65)72-57(2,3)4)37-45(61)38-68-35-34-67-32-30-60-53(62)40-69-36-33-66-31-14-23-54(63)70-39-50-48-19-10-8-17-46(48)47-18-9-11-20-49(47)50/h5-13,15-22,24-25,27-28,42,50H,14,23,26,29-40H2,1-4H3,(H,60,62). The van der Waals surface area contributed by atoms with Gasteiger partial charge in [0.2, 0.25) is 5.91 Å². The fourth-order valence-electron chi connectivity index (χ4n) is 8.51. The highest BCUT2D eigenvalue weighted by Gasteiger charge is 2.42. The first-order valence-corrected chi connectivity index (χ1v) is 24.9. The molecule has 0 aromatic heterocycles. The highest BCUT2D eigenvalue weighted by Crippen LogP contribution is 2.45. The number of aryl methyl sites for hydroxylation is 1. The summed E-state index contributed by atoms with van der Waals surface area (Å²) in [6.07, 6.45) is 0.333.